The second-order valence-electron chi connectivity index (χ2n) is 6.26. The fourth-order valence-corrected chi connectivity index (χ4v) is 3.44. The molecule has 1 aromatic carbocycles. The standard InChI is InChI=1S/C17H27BrN2/c1-13(2)20(12-16-6-4-5-9-19-16)11-15-8-7-14(3)10-17(15)18/h7-8,10,13,16,19H,4-6,9,11-12H2,1-3H3. The highest BCUT2D eigenvalue weighted by Gasteiger charge is 2.19. The van der Waals surface area contributed by atoms with Crippen LogP contribution in [0.3, 0.4) is 0 Å². The van der Waals surface area contributed by atoms with Gasteiger partial charge in [0.25, 0.3) is 0 Å². The Labute approximate surface area is 132 Å². The van der Waals surface area contributed by atoms with E-state index in [2.05, 4.69) is 65.1 Å². The lowest BCUT2D eigenvalue weighted by Gasteiger charge is -2.33. The summed E-state index contributed by atoms with van der Waals surface area (Å²) in [6, 6.07) is 7.91. The lowest BCUT2D eigenvalue weighted by molar-refractivity contribution is 0.177. The van der Waals surface area contributed by atoms with Crippen LogP contribution in [0.15, 0.2) is 22.7 Å². The smallest absolute Gasteiger partial charge is 0.0248 e. The number of piperidine rings is 1. The van der Waals surface area contributed by atoms with Crippen LogP contribution in [0.25, 0.3) is 0 Å². The molecule has 2 nitrogen and oxygen atoms in total. The van der Waals surface area contributed by atoms with Gasteiger partial charge in [-0.15, -0.1) is 0 Å². The molecule has 0 aliphatic carbocycles. The minimum absolute atomic E-state index is 0.576. The lowest BCUT2D eigenvalue weighted by Crippen LogP contribution is -2.45. The number of hydrogen-bond donors (Lipinski definition) is 1. The highest BCUT2D eigenvalue weighted by Crippen LogP contribution is 2.21. The molecule has 1 aliphatic rings. The van der Waals surface area contributed by atoms with E-state index < -0.39 is 0 Å². The van der Waals surface area contributed by atoms with Gasteiger partial charge in [-0.3, -0.25) is 4.90 Å². The molecule has 1 aromatic rings. The van der Waals surface area contributed by atoms with Crippen LogP contribution in [-0.4, -0.2) is 30.1 Å². The minimum atomic E-state index is 0.576. The van der Waals surface area contributed by atoms with Crippen LogP contribution in [-0.2, 0) is 6.54 Å². The van der Waals surface area contributed by atoms with Gasteiger partial charge >= 0.3 is 0 Å². The summed E-state index contributed by atoms with van der Waals surface area (Å²) in [6.07, 6.45) is 4.03. The fraction of sp³-hybridized carbons (Fsp3) is 0.647. The summed E-state index contributed by atoms with van der Waals surface area (Å²) in [6.45, 7) is 10.1. The largest absolute Gasteiger partial charge is 0.313 e. The number of aryl methyl sites for hydroxylation is 1. The normalized spacial score (nSPS) is 19.8. The Morgan fingerprint density at radius 3 is 2.75 bits per heavy atom. The summed E-state index contributed by atoms with van der Waals surface area (Å²) in [5.74, 6) is 0. The van der Waals surface area contributed by atoms with E-state index in [9.17, 15) is 0 Å². The molecule has 1 saturated heterocycles. The monoisotopic (exact) mass is 338 g/mol. The van der Waals surface area contributed by atoms with Crippen molar-refractivity contribution >= 4 is 15.9 Å². The van der Waals surface area contributed by atoms with Gasteiger partial charge in [0.2, 0.25) is 0 Å². The molecule has 0 bridgehead atoms. The first-order chi connectivity index (χ1) is 9.56. The SMILES string of the molecule is Cc1ccc(CN(CC2CCCCN2)C(C)C)c(Br)c1. The van der Waals surface area contributed by atoms with Gasteiger partial charge in [-0.25, -0.2) is 0 Å². The van der Waals surface area contributed by atoms with Gasteiger partial charge in [-0.05, 0) is 57.4 Å². The van der Waals surface area contributed by atoms with E-state index in [0.717, 1.165) is 13.1 Å². The molecule has 20 heavy (non-hydrogen) atoms. The van der Waals surface area contributed by atoms with Crippen LogP contribution >= 0.6 is 15.9 Å². The van der Waals surface area contributed by atoms with Crippen molar-refractivity contribution in [1.82, 2.24) is 10.2 Å². The number of hydrogen-bond acceptors (Lipinski definition) is 2. The molecule has 1 fully saturated rings. The summed E-state index contributed by atoms with van der Waals surface area (Å²) in [5, 5.41) is 3.66. The second-order valence-corrected chi connectivity index (χ2v) is 7.12. The molecule has 0 spiro atoms. The molecule has 1 N–H and O–H groups in total. The van der Waals surface area contributed by atoms with Crippen molar-refractivity contribution < 1.29 is 0 Å². The van der Waals surface area contributed by atoms with Crippen molar-refractivity contribution in [3.63, 3.8) is 0 Å². The minimum Gasteiger partial charge on any atom is -0.313 e. The molecule has 1 heterocycles. The first-order valence-corrected chi connectivity index (χ1v) is 8.58. The van der Waals surface area contributed by atoms with Crippen LogP contribution in [0.2, 0.25) is 0 Å². The van der Waals surface area contributed by atoms with E-state index >= 15 is 0 Å². The number of benzene rings is 1. The third kappa shape index (κ3) is 4.57. The third-order valence-electron chi connectivity index (χ3n) is 4.18. The van der Waals surface area contributed by atoms with Crippen LogP contribution < -0.4 is 5.32 Å². The van der Waals surface area contributed by atoms with E-state index in [-0.39, 0.29) is 0 Å². The van der Waals surface area contributed by atoms with Gasteiger partial charge in [0.05, 0.1) is 0 Å². The molecule has 0 radical (unpaired) electrons. The van der Waals surface area contributed by atoms with E-state index in [0.29, 0.717) is 12.1 Å². The van der Waals surface area contributed by atoms with Crippen molar-refractivity contribution in [2.75, 3.05) is 13.1 Å². The van der Waals surface area contributed by atoms with Gasteiger partial charge in [0.1, 0.15) is 0 Å². The van der Waals surface area contributed by atoms with E-state index in [1.54, 1.807) is 0 Å². The Morgan fingerprint density at radius 2 is 2.15 bits per heavy atom. The average Bonchev–Trinajstić information content (AvgIpc) is 2.42. The van der Waals surface area contributed by atoms with Gasteiger partial charge in [0.15, 0.2) is 0 Å². The molecule has 1 unspecified atom stereocenters. The van der Waals surface area contributed by atoms with Crippen LogP contribution in [0, 0.1) is 6.92 Å². The van der Waals surface area contributed by atoms with Crippen molar-refractivity contribution in [2.45, 2.75) is 58.7 Å². The van der Waals surface area contributed by atoms with Gasteiger partial charge in [-0.1, -0.05) is 34.5 Å². The summed E-state index contributed by atoms with van der Waals surface area (Å²) in [4.78, 5) is 2.58. The zero-order valence-corrected chi connectivity index (χ0v) is 14.5. The maximum atomic E-state index is 3.71. The topological polar surface area (TPSA) is 15.3 Å². The first-order valence-electron chi connectivity index (χ1n) is 7.78. The highest BCUT2D eigenvalue weighted by molar-refractivity contribution is 9.10. The second kappa shape index (κ2) is 7.58. The molecule has 1 aliphatic heterocycles. The van der Waals surface area contributed by atoms with Crippen LogP contribution in [0.4, 0.5) is 0 Å². The van der Waals surface area contributed by atoms with E-state index in [4.69, 9.17) is 0 Å². The van der Waals surface area contributed by atoms with E-state index in [1.807, 2.05) is 0 Å². The maximum Gasteiger partial charge on any atom is 0.0248 e. The first kappa shape index (κ1) is 16.0. The molecule has 112 valence electrons. The summed E-state index contributed by atoms with van der Waals surface area (Å²) >= 11 is 3.71. The molecule has 3 heteroatoms. The Balaban J connectivity index is 2.01. The predicted molar refractivity (Wildman–Crippen MR) is 90.1 cm³/mol. The van der Waals surface area contributed by atoms with Crippen LogP contribution in [0.5, 0.6) is 0 Å². The van der Waals surface area contributed by atoms with Gasteiger partial charge in [-0.2, -0.15) is 0 Å². The summed E-state index contributed by atoms with van der Waals surface area (Å²) < 4.78 is 1.24. The zero-order valence-electron chi connectivity index (χ0n) is 13.0. The summed E-state index contributed by atoms with van der Waals surface area (Å²) in [5.41, 5.74) is 2.70. The predicted octanol–water partition coefficient (Wildman–Crippen LogP) is 4.11. The molecule has 0 saturated carbocycles. The Bertz CT molecular complexity index is 425. The molecule has 2 rings (SSSR count). The fourth-order valence-electron chi connectivity index (χ4n) is 2.82. The van der Waals surface area contributed by atoms with Gasteiger partial charge < -0.3 is 5.32 Å². The van der Waals surface area contributed by atoms with Gasteiger partial charge in [0, 0.05) is 29.6 Å². The highest BCUT2D eigenvalue weighted by atomic mass is 79.9. The van der Waals surface area contributed by atoms with E-state index in [1.165, 1.54) is 41.4 Å². The van der Waals surface area contributed by atoms with Crippen molar-refractivity contribution in [1.29, 1.82) is 0 Å². The molecular weight excluding hydrogens is 312 g/mol. The molecule has 1 atom stereocenters. The maximum absolute atomic E-state index is 3.71. The zero-order chi connectivity index (χ0) is 14.5. The summed E-state index contributed by atoms with van der Waals surface area (Å²) in [7, 11) is 0. The number of nitrogens with one attached hydrogen (secondary N) is 1. The number of nitrogens with zero attached hydrogens (tertiary/aromatic N) is 1. The Hall–Kier alpha value is -0.380. The number of halogens is 1. The van der Waals surface area contributed by atoms with Crippen molar-refractivity contribution in [3.05, 3.63) is 33.8 Å². The average molecular weight is 339 g/mol. The van der Waals surface area contributed by atoms with Crippen LogP contribution in [0.1, 0.15) is 44.2 Å². The number of rotatable bonds is 5. The Morgan fingerprint density at radius 1 is 1.35 bits per heavy atom. The molecular formula is C17H27BrN2. The van der Waals surface area contributed by atoms with Crippen molar-refractivity contribution in [2.24, 2.45) is 0 Å². The third-order valence-corrected chi connectivity index (χ3v) is 4.92. The lowest BCUT2D eigenvalue weighted by atomic mass is 10.0. The quantitative estimate of drug-likeness (QED) is 0.868. The Kier molecular flexibility index (Phi) is 6.06. The molecule has 0 aromatic heterocycles. The van der Waals surface area contributed by atoms with Crippen molar-refractivity contribution in [3.8, 4) is 0 Å². The molecule has 0 amide bonds.